The molecular weight excluding hydrogens is 810 g/mol. The van der Waals surface area contributed by atoms with E-state index in [4.69, 9.17) is 18.9 Å². The molecule has 18 heteroatoms. The number of thiophene rings is 1. The fraction of sp³-hybridized carbons (Fsp3) is 0.512. The number of anilines is 1. The molecule has 0 saturated heterocycles. The van der Waals surface area contributed by atoms with Crippen molar-refractivity contribution in [1.29, 1.82) is 0 Å². The number of hydrogen-bond acceptors (Lipinski definition) is 10. The van der Waals surface area contributed by atoms with Crippen molar-refractivity contribution >= 4 is 70.4 Å². The first kappa shape index (κ1) is 47.9. The number of benzene rings is 1. The number of carbonyl (C=O) groups excluding carboxylic acids is 5. The maximum absolute atomic E-state index is 15.6. The maximum atomic E-state index is 15.6. The Morgan fingerprint density at radius 1 is 0.656 bits per heavy atom. The van der Waals surface area contributed by atoms with Crippen molar-refractivity contribution in [2.75, 3.05) is 31.5 Å². The summed E-state index contributed by atoms with van der Waals surface area (Å²) in [6.07, 6.45) is 1.27. The molecule has 2 aliphatic heterocycles. The van der Waals surface area contributed by atoms with Crippen molar-refractivity contribution < 1.29 is 47.3 Å². The van der Waals surface area contributed by atoms with Gasteiger partial charge in [0.15, 0.2) is 0 Å². The Morgan fingerprint density at radius 2 is 1.11 bits per heavy atom. The molecule has 332 valence electrons. The molecule has 0 unspecified atom stereocenters. The highest BCUT2D eigenvalue weighted by atomic mass is 32.1. The summed E-state index contributed by atoms with van der Waals surface area (Å²) in [5.74, 6) is -0.999. The number of nitrogens with one attached hydrogen (secondary N) is 3. The Morgan fingerprint density at radius 3 is 1.52 bits per heavy atom. The van der Waals surface area contributed by atoms with Crippen molar-refractivity contribution in [3.63, 3.8) is 0 Å². The molecule has 0 atom stereocenters. The number of rotatable bonds is 4. The smallest absolute Gasteiger partial charge is 0.437 e. The zero-order valence-electron chi connectivity index (χ0n) is 37.0. The van der Waals surface area contributed by atoms with E-state index in [0.717, 1.165) is 11.1 Å². The Kier molecular flexibility index (Phi) is 15.1. The molecule has 0 aliphatic carbocycles. The monoisotopic (exact) mass is 867 g/mol. The lowest BCUT2D eigenvalue weighted by atomic mass is 9.98. The van der Waals surface area contributed by atoms with Crippen LogP contribution in [0.4, 0.5) is 29.3 Å². The van der Waals surface area contributed by atoms with E-state index >= 15 is 4.39 Å². The van der Waals surface area contributed by atoms with Crippen LogP contribution in [0.15, 0.2) is 51.8 Å². The third kappa shape index (κ3) is 16.0. The van der Waals surface area contributed by atoms with Gasteiger partial charge in [0.1, 0.15) is 28.2 Å². The zero-order chi connectivity index (χ0) is 45.5. The van der Waals surface area contributed by atoms with Crippen molar-refractivity contribution in [2.24, 2.45) is 9.98 Å². The van der Waals surface area contributed by atoms with Gasteiger partial charge in [0.05, 0.1) is 4.88 Å². The van der Waals surface area contributed by atoms with Crippen LogP contribution < -0.4 is 16.0 Å². The summed E-state index contributed by atoms with van der Waals surface area (Å²) >= 11 is 1.24. The quantitative estimate of drug-likeness (QED) is 0.151. The summed E-state index contributed by atoms with van der Waals surface area (Å²) in [6.45, 7) is 21.7. The Labute approximate surface area is 360 Å². The standard InChI is InChI=1S/C43H58FN7O9S/c1-40(2,3)57-36(53)46-34(47-37(54)58-41(4,5)6)50-19-15-26(16-20-50)28-23-32(61-25-28)33(52)45-29-13-14-30(31(44)24-29)27-17-21-51(22-18-27)35(48-38(55)59-42(7,8)9)49-39(56)60-43(10,11)12/h13-15,17,23-25H,16,18-22H2,1-12H3,(H,45,52)(H,46,47,53,54)(H,48,49,55,56). The van der Waals surface area contributed by atoms with Gasteiger partial charge >= 0.3 is 24.4 Å². The summed E-state index contributed by atoms with van der Waals surface area (Å²) in [5, 5.41) is 9.76. The van der Waals surface area contributed by atoms with Crippen LogP contribution in [0.3, 0.4) is 0 Å². The minimum absolute atomic E-state index is 0.00401. The van der Waals surface area contributed by atoms with Crippen LogP contribution in [-0.2, 0) is 18.9 Å². The molecule has 0 radical (unpaired) electrons. The van der Waals surface area contributed by atoms with Gasteiger partial charge in [0.25, 0.3) is 5.91 Å². The van der Waals surface area contributed by atoms with E-state index in [-0.39, 0.29) is 24.2 Å². The molecule has 61 heavy (non-hydrogen) atoms. The van der Waals surface area contributed by atoms with Gasteiger partial charge in [-0.15, -0.1) is 21.3 Å². The summed E-state index contributed by atoms with van der Waals surface area (Å²) in [6, 6.07) is 6.24. The lowest BCUT2D eigenvalue weighted by molar-refractivity contribution is 0.0536. The number of hydrogen-bond donors (Lipinski definition) is 3. The minimum Gasteiger partial charge on any atom is -0.444 e. The fourth-order valence-corrected chi connectivity index (χ4v) is 6.61. The number of aliphatic imine (C=N–C) groups is 2. The van der Waals surface area contributed by atoms with Gasteiger partial charge in [0, 0.05) is 37.4 Å². The zero-order valence-corrected chi connectivity index (χ0v) is 37.8. The number of nitrogens with zero attached hydrogens (tertiary/aromatic N) is 4. The van der Waals surface area contributed by atoms with Crippen molar-refractivity contribution in [3.05, 3.63) is 63.6 Å². The number of ether oxygens (including phenoxy) is 4. The van der Waals surface area contributed by atoms with E-state index in [9.17, 15) is 24.0 Å². The van der Waals surface area contributed by atoms with E-state index < -0.39 is 58.5 Å². The van der Waals surface area contributed by atoms with Crippen LogP contribution in [0.25, 0.3) is 11.1 Å². The average Bonchev–Trinajstić information content (AvgIpc) is 3.59. The second-order valence-electron chi connectivity index (χ2n) is 18.3. The molecule has 5 amide bonds. The first-order valence-corrected chi connectivity index (χ1v) is 20.7. The van der Waals surface area contributed by atoms with E-state index in [2.05, 4.69) is 25.9 Å². The molecule has 3 heterocycles. The van der Waals surface area contributed by atoms with Gasteiger partial charge in [-0.1, -0.05) is 12.2 Å². The maximum Gasteiger partial charge on any atom is 0.437 e. The molecule has 3 N–H and O–H groups in total. The largest absolute Gasteiger partial charge is 0.444 e. The van der Waals surface area contributed by atoms with E-state index in [1.54, 1.807) is 117 Å². The predicted molar refractivity (Wildman–Crippen MR) is 233 cm³/mol. The Bertz CT molecular complexity index is 2120. The molecule has 0 spiro atoms. The number of guanidine groups is 2. The fourth-order valence-electron chi connectivity index (χ4n) is 5.79. The van der Waals surface area contributed by atoms with Crippen LogP contribution in [0.2, 0.25) is 0 Å². The van der Waals surface area contributed by atoms with Gasteiger partial charge in [0.2, 0.25) is 11.9 Å². The Hall–Kier alpha value is -5.78. The highest BCUT2D eigenvalue weighted by Gasteiger charge is 2.27. The lowest BCUT2D eigenvalue weighted by Crippen LogP contribution is -2.48. The summed E-state index contributed by atoms with van der Waals surface area (Å²) in [4.78, 5) is 75.5. The lowest BCUT2D eigenvalue weighted by Gasteiger charge is -2.30. The molecule has 1 aromatic heterocycles. The highest BCUT2D eigenvalue weighted by molar-refractivity contribution is 7.12. The molecule has 16 nitrogen and oxygen atoms in total. The van der Waals surface area contributed by atoms with Crippen LogP contribution in [0, 0.1) is 5.82 Å². The SMILES string of the molecule is CC(C)(C)OC(=O)N=C(NC(=O)OC(C)(C)C)N1CC=C(c2csc(C(=O)Nc3ccc(C4=CCN(C(=NC(=O)OC(C)(C)C)NC(=O)OC(C)(C)C)CC4)c(F)c3)c2)CC1. The van der Waals surface area contributed by atoms with Gasteiger partial charge in [-0.25, -0.2) is 23.6 Å². The Balaban J connectivity index is 1.41. The van der Waals surface area contributed by atoms with Crippen molar-refractivity contribution in [2.45, 2.75) is 118 Å². The van der Waals surface area contributed by atoms with Crippen molar-refractivity contribution in [3.8, 4) is 0 Å². The molecule has 0 bridgehead atoms. The van der Waals surface area contributed by atoms with Crippen molar-refractivity contribution in [1.82, 2.24) is 20.4 Å². The third-order valence-electron chi connectivity index (χ3n) is 8.19. The summed E-state index contributed by atoms with van der Waals surface area (Å²) in [7, 11) is 0. The van der Waals surface area contributed by atoms with Gasteiger partial charge in [-0.2, -0.15) is 0 Å². The van der Waals surface area contributed by atoms with Gasteiger partial charge in [-0.3, -0.25) is 15.4 Å². The molecule has 4 rings (SSSR count). The van der Waals surface area contributed by atoms with Crippen LogP contribution in [-0.4, -0.2) is 101 Å². The van der Waals surface area contributed by atoms with E-state index in [1.807, 2.05) is 11.5 Å². The summed E-state index contributed by atoms with van der Waals surface area (Å²) < 4.78 is 37.0. The van der Waals surface area contributed by atoms with Crippen LogP contribution in [0.1, 0.15) is 117 Å². The average molecular weight is 868 g/mol. The molecule has 1 aromatic carbocycles. The normalized spacial score (nSPS) is 15.6. The number of alkyl carbamates (subject to hydrolysis) is 2. The van der Waals surface area contributed by atoms with Gasteiger partial charge < -0.3 is 34.1 Å². The van der Waals surface area contributed by atoms with E-state index in [1.165, 1.54) is 17.4 Å². The summed E-state index contributed by atoms with van der Waals surface area (Å²) in [5.41, 5.74) is -0.0413. The van der Waals surface area contributed by atoms with Gasteiger partial charge in [-0.05, 0) is 142 Å². The predicted octanol–water partition coefficient (Wildman–Crippen LogP) is 8.95. The minimum atomic E-state index is -0.887. The second-order valence-corrected chi connectivity index (χ2v) is 19.2. The first-order valence-electron chi connectivity index (χ1n) is 19.8. The molecular formula is C43H58FN7O9S. The highest BCUT2D eigenvalue weighted by Crippen LogP contribution is 2.30. The molecule has 2 aromatic rings. The molecule has 0 fully saturated rings. The van der Waals surface area contributed by atoms with Crippen LogP contribution >= 0.6 is 11.3 Å². The number of carbonyl (C=O) groups is 5. The molecule has 0 saturated carbocycles. The van der Waals surface area contributed by atoms with Crippen LogP contribution in [0.5, 0.6) is 0 Å². The third-order valence-corrected chi connectivity index (χ3v) is 9.12. The number of halogens is 1. The topological polar surface area (TPSA) is 190 Å². The number of amides is 5. The molecule has 2 aliphatic rings. The second kappa shape index (κ2) is 19.3. The van der Waals surface area contributed by atoms with E-state index in [0.29, 0.717) is 48.5 Å². The first-order chi connectivity index (χ1) is 28.1.